The molecular weight excluding hydrogens is 683 g/mol. The maximum atomic E-state index is 13.2. The molecule has 12 nitrogen and oxygen atoms in total. The minimum absolute atomic E-state index is 0.215. The Morgan fingerprint density at radius 1 is 0.852 bits per heavy atom. The van der Waals surface area contributed by atoms with Gasteiger partial charge in [-0.3, -0.25) is 19.3 Å². The summed E-state index contributed by atoms with van der Waals surface area (Å²) in [6.45, 7) is 2.52. The average molecular weight is 722 g/mol. The zero-order valence-corrected chi connectivity index (χ0v) is 30.1. The molecule has 0 unspecified atom stereocenters. The van der Waals surface area contributed by atoms with Crippen LogP contribution >= 0.6 is 0 Å². The van der Waals surface area contributed by atoms with Gasteiger partial charge in [-0.25, -0.2) is 0 Å². The summed E-state index contributed by atoms with van der Waals surface area (Å²) in [6.07, 6.45) is 7.00. The number of hydrogen-bond donors (Lipinski definition) is 3. The molecule has 4 aromatic carbocycles. The van der Waals surface area contributed by atoms with E-state index in [0.29, 0.717) is 46.9 Å². The first-order valence-corrected chi connectivity index (χ1v) is 17.5. The van der Waals surface area contributed by atoms with Crippen molar-refractivity contribution in [1.82, 2.24) is 14.8 Å². The molecule has 0 radical (unpaired) electrons. The van der Waals surface area contributed by atoms with Crippen LogP contribution in [0.15, 0.2) is 121 Å². The number of carbonyl (C=O) groups excluding carboxylic acids is 2. The van der Waals surface area contributed by atoms with Crippen molar-refractivity contribution in [2.24, 2.45) is 5.16 Å². The molecular formula is C42H39N7O5. The fourth-order valence-electron chi connectivity index (χ4n) is 6.27. The van der Waals surface area contributed by atoms with E-state index >= 15 is 0 Å². The molecule has 54 heavy (non-hydrogen) atoms. The van der Waals surface area contributed by atoms with Crippen molar-refractivity contribution in [2.45, 2.75) is 26.3 Å². The second kappa shape index (κ2) is 15.8. The van der Waals surface area contributed by atoms with Crippen LogP contribution in [0.1, 0.15) is 43.8 Å². The van der Waals surface area contributed by atoms with Gasteiger partial charge in [-0.2, -0.15) is 9.99 Å². The van der Waals surface area contributed by atoms with Gasteiger partial charge in [0.15, 0.2) is 5.75 Å². The molecule has 2 amide bonds. The molecule has 12 heteroatoms. The highest BCUT2D eigenvalue weighted by molar-refractivity contribution is 6.07. The number of carbonyl (C=O) groups is 2. The van der Waals surface area contributed by atoms with Crippen molar-refractivity contribution in [3.63, 3.8) is 0 Å². The topological polar surface area (TPSA) is 143 Å². The molecule has 1 aliphatic carbocycles. The van der Waals surface area contributed by atoms with Crippen LogP contribution in [0.3, 0.4) is 0 Å². The lowest BCUT2D eigenvalue weighted by atomic mass is 9.98. The van der Waals surface area contributed by atoms with E-state index in [0.717, 1.165) is 51.2 Å². The van der Waals surface area contributed by atoms with E-state index in [1.54, 1.807) is 54.9 Å². The van der Waals surface area contributed by atoms with Gasteiger partial charge >= 0.3 is 0 Å². The van der Waals surface area contributed by atoms with Gasteiger partial charge in [-0.1, -0.05) is 35.5 Å². The normalized spacial score (nSPS) is 12.7. The van der Waals surface area contributed by atoms with Gasteiger partial charge in [0.2, 0.25) is 0 Å². The summed E-state index contributed by atoms with van der Waals surface area (Å²) in [5.41, 5.74) is 10.4. The number of amides is 2. The summed E-state index contributed by atoms with van der Waals surface area (Å²) in [5.74, 6) is -0.114. The van der Waals surface area contributed by atoms with Gasteiger partial charge in [-0.05, 0) is 103 Å². The van der Waals surface area contributed by atoms with Crippen molar-refractivity contribution >= 4 is 34.6 Å². The number of hydrogen-bond acceptors (Lipinski definition) is 9. The van der Waals surface area contributed by atoms with E-state index in [-0.39, 0.29) is 18.4 Å². The van der Waals surface area contributed by atoms with E-state index in [9.17, 15) is 14.8 Å². The number of fused-ring (bicyclic) bond motifs is 1. The number of benzene rings is 4. The summed E-state index contributed by atoms with van der Waals surface area (Å²) in [5, 5.41) is 23.5. The molecule has 3 N–H and O–H groups in total. The Morgan fingerprint density at radius 3 is 2.43 bits per heavy atom. The first kappa shape index (κ1) is 35.6. The number of pyridine rings is 1. The van der Waals surface area contributed by atoms with E-state index in [4.69, 9.17) is 14.9 Å². The number of rotatable bonds is 12. The number of oxime groups is 1. The lowest BCUT2D eigenvalue weighted by Gasteiger charge is -2.14. The predicted molar refractivity (Wildman–Crippen MR) is 208 cm³/mol. The van der Waals surface area contributed by atoms with Crippen LogP contribution in [0.25, 0.3) is 22.4 Å². The lowest BCUT2D eigenvalue weighted by molar-refractivity contribution is -0.208. The predicted octanol–water partition coefficient (Wildman–Crippen LogP) is 7.63. The SMILES string of the molecule is Cc1ccc(NC(=O)c2cccc(N(C)C)c2)cc1NC(=O)c1ccc(OOCCn2cc(-c3ccc4c(c3)CC/C4=N\O)c(-c3ccncc3)n2)cc1. The summed E-state index contributed by atoms with van der Waals surface area (Å²) in [6, 6.07) is 29.4. The Kier molecular flexibility index (Phi) is 10.4. The Labute approximate surface area is 312 Å². The highest BCUT2D eigenvalue weighted by Crippen LogP contribution is 2.34. The summed E-state index contributed by atoms with van der Waals surface area (Å²) in [7, 11) is 3.84. The zero-order chi connectivity index (χ0) is 37.6. The minimum atomic E-state index is -0.308. The molecule has 0 saturated heterocycles. The molecule has 2 aromatic heterocycles. The van der Waals surface area contributed by atoms with E-state index < -0.39 is 0 Å². The van der Waals surface area contributed by atoms with Gasteiger partial charge in [0.25, 0.3) is 11.8 Å². The van der Waals surface area contributed by atoms with Crippen LogP contribution in [-0.2, 0) is 17.9 Å². The molecule has 0 fully saturated rings. The van der Waals surface area contributed by atoms with Crippen molar-refractivity contribution in [2.75, 3.05) is 36.2 Å². The first-order valence-electron chi connectivity index (χ1n) is 17.5. The zero-order valence-electron chi connectivity index (χ0n) is 30.1. The van der Waals surface area contributed by atoms with Gasteiger partial charge in [0.1, 0.15) is 12.3 Å². The largest absolute Gasteiger partial charge is 0.411 e. The second-order valence-electron chi connectivity index (χ2n) is 13.1. The smallest absolute Gasteiger partial charge is 0.255 e. The second-order valence-corrected chi connectivity index (χ2v) is 13.1. The monoisotopic (exact) mass is 721 g/mol. The van der Waals surface area contributed by atoms with Gasteiger partial charge < -0.3 is 25.6 Å². The maximum Gasteiger partial charge on any atom is 0.255 e. The van der Waals surface area contributed by atoms with Crippen LogP contribution in [0.2, 0.25) is 0 Å². The maximum absolute atomic E-state index is 13.2. The lowest BCUT2D eigenvalue weighted by Crippen LogP contribution is -2.15. The molecule has 1 aliphatic rings. The molecule has 6 aromatic rings. The van der Waals surface area contributed by atoms with Crippen LogP contribution < -0.4 is 20.4 Å². The van der Waals surface area contributed by atoms with Crippen molar-refractivity contribution in [3.8, 4) is 28.1 Å². The fraction of sp³-hybridized carbons (Fsp3) is 0.167. The Bertz CT molecular complexity index is 2340. The third-order valence-electron chi connectivity index (χ3n) is 9.24. The van der Waals surface area contributed by atoms with Gasteiger partial charge in [0.05, 0.1) is 12.3 Å². The average Bonchev–Trinajstić information content (AvgIpc) is 3.82. The van der Waals surface area contributed by atoms with Crippen molar-refractivity contribution < 1.29 is 24.6 Å². The Balaban J connectivity index is 0.950. The van der Waals surface area contributed by atoms with Crippen LogP contribution in [0.4, 0.5) is 17.1 Å². The number of aromatic nitrogens is 3. The number of aryl methyl sites for hydroxylation is 2. The molecule has 272 valence electrons. The van der Waals surface area contributed by atoms with Crippen LogP contribution in [0.5, 0.6) is 5.75 Å². The van der Waals surface area contributed by atoms with Gasteiger partial charge in [-0.15, -0.1) is 0 Å². The van der Waals surface area contributed by atoms with E-state index in [2.05, 4.69) is 26.8 Å². The van der Waals surface area contributed by atoms with E-state index in [1.807, 2.05) is 85.3 Å². The number of nitrogens with zero attached hydrogens (tertiary/aromatic N) is 5. The van der Waals surface area contributed by atoms with Crippen LogP contribution in [-0.4, -0.2) is 58.2 Å². The van der Waals surface area contributed by atoms with Crippen molar-refractivity contribution in [3.05, 3.63) is 143 Å². The molecule has 0 aliphatic heterocycles. The molecule has 0 spiro atoms. The summed E-state index contributed by atoms with van der Waals surface area (Å²) in [4.78, 5) is 43.3. The van der Waals surface area contributed by atoms with E-state index in [1.165, 1.54) is 0 Å². The molecule has 0 saturated carbocycles. The molecule has 0 atom stereocenters. The van der Waals surface area contributed by atoms with Crippen molar-refractivity contribution in [1.29, 1.82) is 0 Å². The number of anilines is 3. The van der Waals surface area contributed by atoms with Crippen LogP contribution in [0, 0.1) is 6.92 Å². The molecule has 0 bridgehead atoms. The summed E-state index contributed by atoms with van der Waals surface area (Å²) < 4.78 is 1.82. The minimum Gasteiger partial charge on any atom is -0.411 e. The Morgan fingerprint density at radius 2 is 1.65 bits per heavy atom. The van der Waals surface area contributed by atoms with Gasteiger partial charge in [0, 0.05) is 77.6 Å². The fourth-order valence-corrected chi connectivity index (χ4v) is 6.27. The number of nitrogens with one attached hydrogen (secondary N) is 2. The third-order valence-corrected chi connectivity index (χ3v) is 9.24. The first-order chi connectivity index (χ1) is 26.2. The molecule has 7 rings (SSSR count). The highest BCUT2D eigenvalue weighted by atomic mass is 17.2. The third kappa shape index (κ3) is 7.98. The Hall–Kier alpha value is -6.79. The summed E-state index contributed by atoms with van der Waals surface area (Å²) >= 11 is 0. The molecule has 2 heterocycles. The standard InChI is InChI=1S/C42H39N7O5/c1-27-7-12-33(44-42(51)32-5-4-6-34(24-32)48(2)3)25-39(27)45-41(50)29-8-13-35(14-9-29)54-53-22-21-49-26-37(40(46-49)28-17-19-43-20-18-28)31-10-15-36-30(23-31)11-16-38(36)47-52/h4-10,12-15,17-20,23-26,52H,11,16,21-22H2,1-3H3,(H,44,51)(H,45,50)/b47-38+. The quantitative estimate of drug-likeness (QED) is 0.0507. The highest BCUT2D eigenvalue weighted by Gasteiger charge is 2.21.